The van der Waals surface area contributed by atoms with Crippen LogP contribution in [0.15, 0.2) is 48.8 Å². The third-order valence-corrected chi connectivity index (χ3v) is 3.50. The minimum atomic E-state index is -0.245. The second kappa shape index (κ2) is 6.49. The molecule has 0 unspecified atom stereocenters. The standard InChI is InChI=1S/C16H15ClN4O/c17-12-2-1-3-13(9-12)21-16(22)18-7-6-11-4-5-14-15(8-11)20-10-19-14/h1-5,8-10H,6-7H2,(H,19,20)(H2,18,21,22). The van der Waals surface area contributed by atoms with Gasteiger partial charge in [0.15, 0.2) is 0 Å². The molecule has 0 aliphatic rings. The van der Waals surface area contributed by atoms with Crippen LogP contribution in [0.2, 0.25) is 5.02 Å². The molecular formula is C16H15ClN4O. The maximum atomic E-state index is 11.8. The molecular weight excluding hydrogens is 300 g/mol. The zero-order valence-electron chi connectivity index (χ0n) is 11.8. The average molecular weight is 315 g/mol. The number of fused-ring (bicyclic) bond motifs is 1. The summed E-state index contributed by atoms with van der Waals surface area (Å²) in [5.74, 6) is 0. The van der Waals surface area contributed by atoms with Crippen LogP contribution in [0.3, 0.4) is 0 Å². The van der Waals surface area contributed by atoms with Crippen LogP contribution < -0.4 is 10.6 Å². The molecule has 2 aromatic carbocycles. The zero-order chi connectivity index (χ0) is 15.4. The number of rotatable bonds is 4. The van der Waals surface area contributed by atoms with Gasteiger partial charge in [-0.1, -0.05) is 23.7 Å². The fourth-order valence-electron chi connectivity index (χ4n) is 2.20. The van der Waals surface area contributed by atoms with E-state index in [1.807, 2.05) is 18.2 Å². The largest absolute Gasteiger partial charge is 0.345 e. The first-order chi connectivity index (χ1) is 10.7. The van der Waals surface area contributed by atoms with Gasteiger partial charge in [-0.3, -0.25) is 0 Å². The lowest BCUT2D eigenvalue weighted by atomic mass is 10.1. The Kier molecular flexibility index (Phi) is 4.25. The molecule has 0 aliphatic carbocycles. The normalized spacial score (nSPS) is 10.6. The van der Waals surface area contributed by atoms with Gasteiger partial charge in [0.25, 0.3) is 0 Å². The van der Waals surface area contributed by atoms with Gasteiger partial charge in [0.05, 0.1) is 17.4 Å². The third-order valence-electron chi connectivity index (χ3n) is 3.27. The van der Waals surface area contributed by atoms with E-state index in [0.29, 0.717) is 17.3 Å². The topological polar surface area (TPSA) is 69.8 Å². The molecule has 0 radical (unpaired) electrons. The Balaban J connectivity index is 1.50. The number of hydrogen-bond acceptors (Lipinski definition) is 2. The Hall–Kier alpha value is -2.53. The maximum absolute atomic E-state index is 11.8. The summed E-state index contributed by atoms with van der Waals surface area (Å²) in [6.07, 6.45) is 2.42. The number of H-pyrrole nitrogens is 1. The minimum absolute atomic E-state index is 0.245. The lowest BCUT2D eigenvalue weighted by Gasteiger charge is -2.08. The number of benzene rings is 2. The van der Waals surface area contributed by atoms with Crippen molar-refractivity contribution in [3.63, 3.8) is 0 Å². The molecule has 112 valence electrons. The van der Waals surface area contributed by atoms with E-state index in [-0.39, 0.29) is 6.03 Å². The number of aromatic nitrogens is 2. The molecule has 0 atom stereocenters. The molecule has 5 nitrogen and oxygen atoms in total. The summed E-state index contributed by atoms with van der Waals surface area (Å²) in [4.78, 5) is 19.1. The molecule has 0 bridgehead atoms. The van der Waals surface area contributed by atoms with Crippen LogP contribution in [0.5, 0.6) is 0 Å². The van der Waals surface area contributed by atoms with E-state index in [1.54, 1.807) is 30.6 Å². The molecule has 1 heterocycles. The van der Waals surface area contributed by atoms with Crippen molar-refractivity contribution in [3.05, 3.63) is 59.4 Å². The van der Waals surface area contributed by atoms with E-state index in [0.717, 1.165) is 23.0 Å². The number of anilines is 1. The monoisotopic (exact) mass is 314 g/mol. The summed E-state index contributed by atoms with van der Waals surface area (Å²) in [6, 6.07) is 12.8. The molecule has 0 spiro atoms. The molecule has 1 aromatic heterocycles. The average Bonchev–Trinajstić information content (AvgIpc) is 2.95. The number of carbonyl (C=O) groups is 1. The van der Waals surface area contributed by atoms with Crippen molar-refractivity contribution in [1.82, 2.24) is 15.3 Å². The first-order valence-corrected chi connectivity index (χ1v) is 7.31. The smallest absolute Gasteiger partial charge is 0.319 e. The number of nitrogens with one attached hydrogen (secondary N) is 3. The van der Waals surface area contributed by atoms with Crippen LogP contribution in [0.25, 0.3) is 11.0 Å². The quantitative estimate of drug-likeness (QED) is 0.689. The van der Waals surface area contributed by atoms with Gasteiger partial charge in [0.2, 0.25) is 0 Å². The van der Waals surface area contributed by atoms with Crippen LogP contribution in [0.1, 0.15) is 5.56 Å². The fraction of sp³-hybridized carbons (Fsp3) is 0.125. The summed E-state index contributed by atoms with van der Waals surface area (Å²) >= 11 is 5.87. The Bertz CT molecular complexity index is 799. The van der Waals surface area contributed by atoms with Crippen molar-refractivity contribution in [3.8, 4) is 0 Å². The summed E-state index contributed by atoms with van der Waals surface area (Å²) in [5, 5.41) is 6.15. The Morgan fingerprint density at radius 2 is 2.14 bits per heavy atom. The van der Waals surface area contributed by atoms with E-state index in [4.69, 9.17) is 11.6 Å². The van der Waals surface area contributed by atoms with Crippen LogP contribution in [0, 0.1) is 0 Å². The third kappa shape index (κ3) is 3.56. The van der Waals surface area contributed by atoms with Crippen LogP contribution >= 0.6 is 11.6 Å². The lowest BCUT2D eigenvalue weighted by molar-refractivity contribution is 0.252. The van der Waals surface area contributed by atoms with Gasteiger partial charge in [-0.05, 0) is 42.3 Å². The number of aromatic amines is 1. The molecule has 2 amide bonds. The molecule has 0 saturated carbocycles. The molecule has 6 heteroatoms. The fourth-order valence-corrected chi connectivity index (χ4v) is 2.39. The van der Waals surface area contributed by atoms with Gasteiger partial charge in [-0.25, -0.2) is 9.78 Å². The van der Waals surface area contributed by atoms with Crippen LogP contribution in [-0.4, -0.2) is 22.5 Å². The van der Waals surface area contributed by atoms with Crippen LogP contribution in [0.4, 0.5) is 10.5 Å². The van der Waals surface area contributed by atoms with Gasteiger partial charge in [-0.2, -0.15) is 0 Å². The number of carbonyl (C=O) groups excluding carboxylic acids is 1. The number of imidazole rings is 1. The van der Waals surface area contributed by atoms with Gasteiger partial charge < -0.3 is 15.6 Å². The molecule has 0 saturated heterocycles. The van der Waals surface area contributed by atoms with Crippen LogP contribution in [-0.2, 0) is 6.42 Å². The van der Waals surface area contributed by atoms with Crippen molar-refractivity contribution in [2.24, 2.45) is 0 Å². The lowest BCUT2D eigenvalue weighted by Crippen LogP contribution is -2.30. The SMILES string of the molecule is O=C(NCCc1ccc2nc[nH]c2c1)Nc1cccc(Cl)c1. The summed E-state index contributed by atoms with van der Waals surface area (Å²) in [6.45, 7) is 0.548. The Labute approximate surface area is 132 Å². The summed E-state index contributed by atoms with van der Waals surface area (Å²) in [5.41, 5.74) is 3.75. The van der Waals surface area contributed by atoms with Crippen molar-refractivity contribution in [2.75, 3.05) is 11.9 Å². The van der Waals surface area contributed by atoms with E-state index in [2.05, 4.69) is 20.6 Å². The number of hydrogen-bond donors (Lipinski definition) is 3. The highest BCUT2D eigenvalue weighted by molar-refractivity contribution is 6.30. The van der Waals surface area contributed by atoms with E-state index >= 15 is 0 Å². The first kappa shape index (κ1) is 14.4. The predicted molar refractivity (Wildman–Crippen MR) is 88.3 cm³/mol. The van der Waals surface area contributed by atoms with E-state index in [9.17, 15) is 4.79 Å². The van der Waals surface area contributed by atoms with Gasteiger partial charge in [0, 0.05) is 17.3 Å². The van der Waals surface area contributed by atoms with Crippen molar-refractivity contribution in [1.29, 1.82) is 0 Å². The maximum Gasteiger partial charge on any atom is 0.319 e. The molecule has 3 N–H and O–H groups in total. The molecule has 3 rings (SSSR count). The second-order valence-corrected chi connectivity index (χ2v) is 5.33. The Morgan fingerprint density at radius 1 is 1.23 bits per heavy atom. The van der Waals surface area contributed by atoms with E-state index < -0.39 is 0 Å². The summed E-state index contributed by atoms with van der Waals surface area (Å²) < 4.78 is 0. The number of urea groups is 1. The van der Waals surface area contributed by atoms with Gasteiger partial charge in [0.1, 0.15) is 0 Å². The zero-order valence-corrected chi connectivity index (χ0v) is 12.5. The predicted octanol–water partition coefficient (Wildman–Crippen LogP) is 3.58. The molecule has 22 heavy (non-hydrogen) atoms. The summed E-state index contributed by atoms with van der Waals surface area (Å²) in [7, 11) is 0. The van der Waals surface area contributed by atoms with E-state index in [1.165, 1.54) is 0 Å². The van der Waals surface area contributed by atoms with Crippen molar-refractivity contribution in [2.45, 2.75) is 6.42 Å². The Morgan fingerprint density at radius 3 is 3.00 bits per heavy atom. The highest BCUT2D eigenvalue weighted by atomic mass is 35.5. The van der Waals surface area contributed by atoms with Gasteiger partial charge in [-0.15, -0.1) is 0 Å². The highest BCUT2D eigenvalue weighted by Crippen LogP contribution is 2.14. The first-order valence-electron chi connectivity index (χ1n) is 6.93. The van der Waals surface area contributed by atoms with Crippen molar-refractivity contribution >= 4 is 34.4 Å². The number of nitrogens with zero attached hydrogens (tertiary/aromatic N) is 1. The number of halogens is 1. The molecule has 0 fully saturated rings. The molecule has 0 aliphatic heterocycles. The van der Waals surface area contributed by atoms with Crippen molar-refractivity contribution < 1.29 is 4.79 Å². The number of amides is 2. The highest BCUT2D eigenvalue weighted by Gasteiger charge is 2.03. The molecule has 3 aromatic rings. The second-order valence-electron chi connectivity index (χ2n) is 4.90. The van der Waals surface area contributed by atoms with Gasteiger partial charge >= 0.3 is 6.03 Å². The minimum Gasteiger partial charge on any atom is -0.345 e.